The molecule has 5 nitrogen and oxygen atoms in total. The fourth-order valence-electron chi connectivity index (χ4n) is 0.398. The highest BCUT2D eigenvalue weighted by atomic mass is 16.7. The maximum atomic E-state index is 10.3. The Balaban J connectivity index is 2.61. The van der Waals surface area contributed by atoms with Crippen molar-refractivity contribution in [3.05, 3.63) is 16.9 Å². The molecule has 0 aromatic heterocycles. The van der Waals surface area contributed by atoms with Gasteiger partial charge < -0.3 is 9.47 Å². The number of rotatable bonds is 1. The highest BCUT2D eigenvalue weighted by Crippen LogP contribution is 2.06. The predicted molar refractivity (Wildman–Crippen MR) is 25.9 cm³/mol. The molecule has 1 aliphatic heterocycles. The molecule has 5 heteroatoms. The van der Waals surface area contributed by atoms with E-state index in [0.29, 0.717) is 0 Å². The van der Waals surface area contributed by atoms with Crippen LogP contribution in [-0.2, 0) is 14.3 Å². The molecular formula is C4H3NO4. The van der Waals surface area contributed by atoms with Gasteiger partial charge in [-0.05, 0) is 0 Å². The molecule has 48 valence electrons. The van der Waals surface area contributed by atoms with Gasteiger partial charge in [-0.3, -0.25) is 4.79 Å². The fraction of sp³-hybridized carbons (Fsp3) is 0.250. The Bertz CT molecular complexity index is 173. The number of hydrogen-bond acceptors (Lipinski definition) is 4. The summed E-state index contributed by atoms with van der Waals surface area (Å²) in [5.74, 6) is -1.07. The molecule has 9 heavy (non-hydrogen) atoms. The van der Waals surface area contributed by atoms with E-state index < -0.39 is 5.91 Å². The van der Waals surface area contributed by atoms with E-state index in [-0.39, 0.29) is 12.6 Å². The molecule has 1 heterocycles. The van der Waals surface area contributed by atoms with Crippen molar-refractivity contribution in [1.82, 2.24) is 0 Å². The molecule has 0 radical (unpaired) electrons. The van der Waals surface area contributed by atoms with Crippen LogP contribution in [0.2, 0.25) is 0 Å². The molecule has 0 fully saturated rings. The monoisotopic (exact) mass is 129 g/mol. The van der Waals surface area contributed by atoms with Crippen LogP contribution in [0.25, 0.3) is 0 Å². The van der Waals surface area contributed by atoms with Gasteiger partial charge in [0, 0.05) is 5.18 Å². The van der Waals surface area contributed by atoms with Gasteiger partial charge in [0.05, 0.1) is 0 Å². The second kappa shape index (κ2) is 2.25. The SMILES string of the molecule is O=NC(=O)C1=COCO1. The summed E-state index contributed by atoms with van der Waals surface area (Å²) in [5.41, 5.74) is 0. The lowest BCUT2D eigenvalue weighted by Gasteiger charge is -1.89. The van der Waals surface area contributed by atoms with Crippen molar-refractivity contribution in [1.29, 1.82) is 0 Å². The van der Waals surface area contributed by atoms with Crippen LogP contribution >= 0.6 is 0 Å². The van der Waals surface area contributed by atoms with Crippen LogP contribution in [0.4, 0.5) is 0 Å². The third kappa shape index (κ3) is 1.04. The minimum Gasteiger partial charge on any atom is -0.461 e. The lowest BCUT2D eigenvalue weighted by Crippen LogP contribution is -1.97. The molecule has 0 aliphatic carbocycles. The first-order valence-electron chi connectivity index (χ1n) is 2.17. The smallest absolute Gasteiger partial charge is 0.354 e. The van der Waals surface area contributed by atoms with Gasteiger partial charge in [0.15, 0.2) is 0 Å². The van der Waals surface area contributed by atoms with Crippen LogP contribution in [0.1, 0.15) is 0 Å². The Labute approximate surface area is 50.2 Å². The first-order valence-corrected chi connectivity index (χ1v) is 2.17. The minimum atomic E-state index is -0.938. The molecule has 0 spiro atoms. The molecule has 0 atom stereocenters. The summed E-state index contributed by atoms with van der Waals surface area (Å²) in [6.07, 6.45) is 1.06. The Hall–Kier alpha value is -1.39. The summed E-state index contributed by atoms with van der Waals surface area (Å²) in [5, 5.41) is 2.11. The van der Waals surface area contributed by atoms with Gasteiger partial charge in [-0.25, -0.2) is 0 Å². The van der Waals surface area contributed by atoms with Crippen molar-refractivity contribution in [3.8, 4) is 0 Å². The molecule has 0 aromatic carbocycles. The highest BCUT2D eigenvalue weighted by molar-refractivity contribution is 5.91. The highest BCUT2D eigenvalue weighted by Gasteiger charge is 2.15. The molecule has 0 saturated carbocycles. The first kappa shape index (κ1) is 5.74. The van der Waals surface area contributed by atoms with Crippen LogP contribution in [-0.4, -0.2) is 12.7 Å². The summed E-state index contributed by atoms with van der Waals surface area (Å²) < 4.78 is 8.98. The van der Waals surface area contributed by atoms with Gasteiger partial charge in [-0.2, -0.15) is 0 Å². The third-order valence-corrected chi connectivity index (χ3v) is 0.767. The van der Waals surface area contributed by atoms with Crippen molar-refractivity contribution in [2.75, 3.05) is 6.79 Å². The maximum Gasteiger partial charge on any atom is 0.354 e. The van der Waals surface area contributed by atoms with E-state index in [0.717, 1.165) is 6.26 Å². The number of nitrogens with zero attached hydrogens (tertiary/aromatic N) is 1. The van der Waals surface area contributed by atoms with Crippen molar-refractivity contribution in [2.24, 2.45) is 5.18 Å². The number of nitroso groups, excluding NO2 is 1. The first-order chi connectivity index (χ1) is 4.34. The predicted octanol–water partition coefficient (Wildman–Crippen LogP) is 0.125. The van der Waals surface area contributed by atoms with Crippen molar-refractivity contribution in [3.63, 3.8) is 0 Å². The summed E-state index contributed by atoms with van der Waals surface area (Å²) in [6, 6.07) is 0. The second-order valence-corrected chi connectivity index (χ2v) is 1.31. The Morgan fingerprint density at radius 3 is 3.00 bits per heavy atom. The zero-order valence-corrected chi connectivity index (χ0v) is 4.36. The second-order valence-electron chi connectivity index (χ2n) is 1.31. The quantitative estimate of drug-likeness (QED) is 0.472. The number of ether oxygens (including phenoxy) is 2. The number of hydrogen-bond donors (Lipinski definition) is 0. The van der Waals surface area contributed by atoms with E-state index in [1.807, 2.05) is 0 Å². The van der Waals surface area contributed by atoms with Gasteiger partial charge in [-0.1, -0.05) is 0 Å². The molecule has 0 bridgehead atoms. The summed E-state index contributed by atoms with van der Waals surface area (Å²) in [6.45, 7) is -0.0173. The Kier molecular flexibility index (Phi) is 1.44. The van der Waals surface area contributed by atoms with Gasteiger partial charge in [-0.15, -0.1) is 4.91 Å². The topological polar surface area (TPSA) is 65.0 Å². The van der Waals surface area contributed by atoms with E-state index in [2.05, 4.69) is 14.7 Å². The summed E-state index contributed by atoms with van der Waals surface area (Å²) >= 11 is 0. The number of amides is 1. The minimum absolute atomic E-state index is 0.0173. The standard InChI is InChI=1S/C4H3NO4/c6-4(5-7)3-1-8-2-9-3/h1H,2H2. The Morgan fingerprint density at radius 1 is 1.78 bits per heavy atom. The van der Waals surface area contributed by atoms with E-state index in [1.165, 1.54) is 0 Å². The zero-order chi connectivity index (χ0) is 6.69. The van der Waals surface area contributed by atoms with Crippen LogP contribution in [0.3, 0.4) is 0 Å². The lowest BCUT2D eigenvalue weighted by molar-refractivity contribution is -0.117. The largest absolute Gasteiger partial charge is 0.461 e. The van der Waals surface area contributed by atoms with Crippen LogP contribution in [0.15, 0.2) is 17.2 Å². The van der Waals surface area contributed by atoms with E-state index in [4.69, 9.17) is 0 Å². The number of carbonyl (C=O) groups is 1. The van der Waals surface area contributed by atoms with Crippen molar-refractivity contribution >= 4 is 5.91 Å². The van der Waals surface area contributed by atoms with Crippen molar-refractivity contribution in [2.45, 2.75) is 0 Å². The molecule has 0 N–H and O–H groups in total. The molecule has 1 aliphatic rings. The van der Waals surface area contributed by atoms with E-state index in [1.54, 1.807) is 0 Å². The summed E-state index contributed by atoms with van der Waals surface area (Å²) in [4.78, 5) is 19.8. The molecule has 1 rings (SSSR count). The Morgan fingerprint density at radius 2 is 2.56 bits per heavy atom. The number of carbonyl (C=O) groups excluding carboxylic acids is 1. The maximum absolute atomic E-state index is 10.3. The average molecular weight is 129 g/mol. The van der Waals surface area contributed by atoms with Gasteiger partial charge in [0.25, 0.3) is 0 Å². The normalized spacial score (nSPS) is 15.3. The summed E-state index contributed by atoms with van der Waals surface area (Å²) in [7, 11) is 0. The lowest BCUT2D eigenvalue weighted by atomic mass is 10.5. The van der Waals surface area contributed by atoms with Gasteiger partial charge in [0.1, 0.15) is 6.26 Å². The van der Waals surface area contributed by atoms with Crippen LogP contribution in [0.5, 0.6) is 0 Å². The van der Waals surface area contributed by atoms with Gasteiger partial charge in [0.2, 0.25) is 12.6 Å². The molecule has 0 saturated heterocycles. The van der Waals surface area contributed by atoms with E-state index in [9.17, 15) is 9.70 Å². The molecular weight excluding hydrogens is 126 g/mol. The zero-order valence-electron chi connectivity index (χ0n) is 4.36. The van der Waals surface area contributed by atoms with Crippen LogP contribution in [0, 0.1) is 4.91 Å². The van der Waals surface area contributed by atoms with E-state index >= 15 is 0 Å². The van der Waals surface area contributed by atoms with Gasteiger partial charge >= 0.3 is 5.91 Å². The van der Waals surface area contributed by atoms with Crippen LogP contribution < -0.4 is 0 Å². The molecule has 1 amide bonds. The fourth-order valence-corrected chi connectivity index (χ4v) is 0.398. The van der Waals surface area contributed by atoms with Crippen molar-refractivity contribution < 1.29 is 14.3 Å². The third-order valence-electron chi connectivity index (χ3n) is 0.767. The molecule has 0 unspecified atom stereocenters. The molecule has 0 aromatic rings. The average Bonchev–Trinajstić information content (AvgIpc) is 2.37.